The predicted molar refractivity (Wildman–Crippen MR) is 88.7 cm³/mol. The molecule has 2 heteroatoms. The van der Waals surface area contributed by atoms with Crippen molar-refractivity contribution < 1.29 is 4.42 Å². The number of furan rings is 1. The van der Waals surface area contributed by atoms with Crippen LogP contribution in [0.3, 0.4) is 0 Å². The molecule has 0 aliphatic rings. The van der Waals surface area contributed by atoms with Gasteiger partial charge in [-0.2, -0.15) is 0 Å². The molecule has 1 N–H and O–H groups in total. The van der Waals surface area contributed by atoms with E-state index in [1.165, 1.54) is 30.4 Å². The van der Waals surface area contributed by atoms with E-state index in [4.69, 9.17) is 4.42 Å². The van der Waals surface area contributed by atoms with Crippen LogP contribution < -0.4 is 5.32 Å². The molecule has 0 radical (unpaired) electrons. The van der Waals surface area contributed by atoms with Crippen molar-refractivity contribution in [3.05, 3.63) is 59.0 Å². The Balaban J connectivity index is 2.17. The number of unbranched alkanes of at least 4 members (excludes halogenated alkanes) is 1. The van der Waals surface area contributed by atoms with Crippen molar-refractivity contribution in [2.24, 2.45) is 0 Å². The number of hydrogen-bond donors (Lipinski definition) is 1. The molecule has 21 heavy (non-hydrogen) atoms. The molecule has 0 fully saturated rings. The lowest BCUT2D eigenvalue weighted by Crippen LogP contribution is -2.21. The molecule has 1 heterocycles. The first-order valence-corrected chi connectivity index (χ1v) is 8.19. The third-order valence-corrected chi connectivity index (χ3v) is 3.86. The van der Waals surface area contributed by atoms with Crippen LogP contribution >= 0.6 is 0 Å². The Labute approximate surface area is 128 Å². The minimum Gasteiger partial charge on any atom is -0.464 e. The highest BCUT2D eigenvalue weighted by atomic mass is 16.3. The number of aryl methyl sites for hydroxylation is 2. The average molecular weight is 285 g/mol. The molecule has 0 saturated carbocycles. The molecule has 1 aromatic heterocycles. The maximum Gasteiger partial charge on any atom is 0.125 e. The zero-order valence-electron chi connectivity index (χ0n) is 13.5. The minimum atomic E-state index is 0.149. The topological polar surface area (TPSA) is 25.2 Å². The van der Waals surface area contributed by atoms with Crippen LogP contribution in [0.2, 0.25) is 0 Å². The van der Waals surface area contributed by atoms with E-state index in [9.17, 15) is 0 Å². The zero-order valence-corrected chi connectivity index (χ0v) is 13.5. The van der Waals surface area contributed by atoms with Crippen LogP contribution in [0.25, 0.3) is 0 Å². The van der Waals surface area contributed by atoms with Gasteiger partial charge in [0.25, 0.3) is 0 Å². The molecule has 0 bridgehead atoms. The van der Waals surface area contributed by atoms with Crippen LogP contribution in [-0.2, 0) is 12.8 Å². The molecule has 2 rings (SSSR count). The fraction of sp³-hybridized carbons (Fsp3) is 0.474. The summed E-state index contributed by atoms with van der Waals surface area (Å²) in [5.74, 6) is 2.06. The maximum absolute atomic E-state index is 5.93. The van der Waals surface area contributed by atoms with Crippen molar-refractivity contribution in [3.8, 4) is 0 Å². The first kappa shape index (κ1) is 15.8. The molecule has 0 spiro atoms. The van der Waals surface area contributed by atoms with E-state index in [1.54, 1.807) is 0 Å². The third kappa shape index (κ3) is 4.21. The van der Waals surface area contributed by atoms with Gasteiger partial charge < -0.3 is 9.73 Å². The van der Waals surface area contributed by atoms with Gasteiger partial charge in [-0.3, -0.25) is 0 Å². The van der Waals surface area contributed by atoms with Gasteiger partial charge >= 0.3 is 0 Å². The van der Waals surface area contributed by atoms with E-state index >= 15 is 0 Å². The Morgan fingerprint density at radius 3 is 2.33 bits per heavy atom. The number of rotatable bonds is 8. The van der Waals surface area contributed by atoms with Gasteiger partial charge in [0.05, 0.1) is 6.04 Å². The smallest absolute Gasteiger partial charge is 0.125 e. The molecule has 1 unspecified atom stereocenters. The van der Waals surface area contributed by atoms with Crippen molar-refractivity contribution in [1.82, 2.24) is 5.32 Å². The van der Waals surface area contributed by atoms with E-state index in [-0.39, 0.29) is 6.04 Å². The Morgan fingerprint density at radius 1 is 1.00 bits per heavy atom. The second-order valence-corrected chi connectivity index (χ2v) is 5.49. The lowest BCUT2D eigenvalue weighted by Gasteiger charge is -2.16. The lowest BCUT2D eigenvalue weighted by atomic mass is 10.0. The monoisotopic (exact) mass is 285 g/mol. The van der Waals surface area contributed by atoms with E-state index in [0.717, 1.165) is 24.5 Å². The Kier molecular flexibility index (Phi) is 6.06. The minimum absolute atomic E-state index is 0.149. The number of nitrogens with one attached hydrogen (secondary N) is 1. The Hall–Kier alpha value is -1.54. The van der Waals surface area contributed by atoms with Crippen LogP contribution in [0.5, 0.6) is 0 Å². The highest BCUT2D eigenvalue weighted by Crippen LogP contribution is 2.25. The number of hydrogen-bond acceptors (Lipinski definition) is 2. The SMILES string of the molecule is CCCCc1ccc(C(NCC)c2ccc(CC)o2)cc1. The molecule has 1 atom stereocenters. The standard InChI is InChI=1S/C19H27NO/c1-4-7-8-15-9-11-16(12-10-15)19(20-6-3)18-14-13-17(5-2)21-18/h9-14,19-20H,4-8H2,1-3H3. The van der Waals surface area contributed by atoms with Crippen LogP contribution in [0.15, 0.2) is 40.8 Å². The van der Waals surface area contributed by atoms with E-state index in [1.807, 2.05) is 0 Å². The summed E-state index contributed by atoms with van der Waals surface area (Å²) in [5.41, 5.74) is 2.69. The summed E-state index contributed by atoms with van der Waals surface area (Å²) >= 11 is 0. The first-order valence-electron chi connectivity index (χ1n) is 8.19. The molecule has 2 nitrogen and oxygen atoms in total. The van der Waals surface area contributed by atoms with Gasteiger partial charge in [0.15, 0.2) is 0 Å². The summed E-state index contributed by atoms with van der Waals surface area (Å²) in [6.07, 6.45) is 4.61. The fourth-order valence-electron chi connectivity index (χ4n) is 2.58. The van der Waals surface area contributed by atoms with E-state index in [2.05, 4.69) is 62.5 Å². The summed E-state index contributed by atoms with van der Waals surface area (Å²) in [6.45, 7) is 7.40. The van der Waals surface area contributed by atoms with Crippen molar-refractivity contribution in [2.45, 2.75) is 52.5 Å². The molecular formula is C19H27NO. The Morgan fingerprint density at radius 2 is 1.76 bits per heavy atom. The quantitative estimate of drug-likeness (QED) is 0.747. The average Bonchev–Trinajstić information content (AvgIpc) is 3.00. The highest BCUT2D eigenvalue weighted by Gasteiger charge is 2.16. The second kappa shape index (κ2) is 8.04. The summed E-state index contributed by atoms with van der Waals surface area (Å²) in [6, 6.07) is 13.3. The Bertz CT molecular complexity index is 527. The van der Waals surface area contributed by atoms with Crippen molar-refractivity contribution >= 4 is 0 Å². The zero-order chi connectivity index (χ0) is 15.1. The predicted octanol–water partition coefficient (Wildman–Crippen LogP) is 4.88. The summed E-state index contributed by atoms with van der Waals surface area (Å²) in [7, 11) is 0. The van der Waals surface area contributed by atoms with E-state index < -0.39 is 0 Å². The first-order chi connectivity index (χ1) is 10.3. The summed E-state index contributed by atoms with van der Waals surface area (Å²) in [4.78, 5) is 0. The molecular weight excluding hydrogens is 258 g/mol. The number of benzene rings is 1. The van der Waals surface area contributed by atoms with E-state index in [0.29, 0.717) is 0 Å². The molecule has 0 saturated heterocycles. The fourth-order valence-corrected chi connectivity index (χ4v) is 2.58. The van der Waals surface area contributed by atoms with Gasteiger partial charge in [0.2, 0.25) is 0 Å². The van der Waals surface area contributed by atoms with Crippen molar-refractivity contribution in [1.29, 1.82) is 0 Å². The molecule has 114 valence electrons. The molecule has 0 amide bonds. The highest BCUT2D eigenvalue weighted by molar-refractivity contribution is 5.30. The van der Waals surface area contributed by atoms with Gasteiger partial charge in [0, 0.05) is 6.42 Å². The molecule has 2 aromatic rings. The lowest BCUT2D eigenvalue weighted by molar-refractivity contribution is 0.426. The van der Waals surface area contributed by atoms with Crippen LogP contribution in [0, 0.1) is 0 Å². The summed E-state index contributed by atoms with van der Waals surface area (Å²) in [5, 5.41) is 3.52. The maximum atomic E-state index is 5.93. The molecule has 0 aliphatic heterocycles. The van der Waals surface area contributed by atoms with Gasteiger partial charge in [-0.15, -0.1) is 0 Å². The van der Waals surface area contributed by atoms with Crippen LogP contribution in [0.1, 0.15) is 62.3 Å². The molecule has 1 aromatic carbocycles. The summed E-state index contributed by atoms with van der Waals surface area (Å²) < 4.78 is 5.93. The second-order valence-electron chi connectivity index (χ2n) is 5.49. The van der Waals surface area contributed by atoms with Gasteiger partial charge in [-0.25, -0.2) is 0 Å². The normalized spacial score (nSPS) is 12.5. The van der Waals surface area contributed by atoms with Gasteiger partial charge in [0.1, 0.15) is 11.5 Å². The van der Waals surface area contributed by atoms with Crippen molar-refractivity contribution in [2.75, 3.05) is 6.54 Å². The van der Waals surface area contributed by atoms with Crippen LogP contribution in [0.4, 0.5) is 0 Å². The van der Waals surface area contributed by atoms with Crippen molar-refractivity contribution in [3.63, 3.8) is 0 Å². The third-order valence-electron chi connectivity index (χ3n) is 3.86. The molecule has 0 aliphatic carbocycles. The van der Waals surface area contributed by atoms with Gasteiger partial charge in [-0.05, 0) is 42.6 Å². The van der Waals surface area contributed by atoms with Crippen LogP contribution in [-0.4, -0.2) is 6.54 Å². The largest absolute Gasteiger partial charge is 0.464 e. The van der Waals surface area contributed by atoms with Gasteiger partial charge in [-0.1, -0.05) is 51.5 Å².